The molecule has 4 rings (SSSR count). The van der Waals surface area contributed by atoms with Crippen molar-refractivity contribution < 1.29 is 37.6 Å². The number of hydrogen-bond donors (Lipinski definition) is 0. The van der Waals surface area contributed by atoms with E-state index in [-0.39, 0.29) is 19.5 Å². The van der Waals surface area contributed by atoms with Gasteiger partial charge in [-0.25, -0.2) is 0 Å². The summed E-state index contributed by atoms with van der Waals surface area (Å²) in [6.07, 6.45) is 0. The summed E-state index contributed by atoms with van der Waals surface area (Å²) in [5.41, 5.74) is -0.872. The maximum Gasteiger partial charge on any atom is 2.00 e. The fraction of sp³-hybridized carbons (Fsp3) is 0.143. The molecule has 0 atom stereocenters. The fourth-order valence-electron chi connectivity index (χ4n) is 2.95. The first-order valence-electron chi connectivity index (χ1n) is 11.6. The van der Waals surface area contributed by atoms with Gasteiger partial charge in [-0.1, -0.05) is 70.8 Å². The monoisotopic (exact) mass is 682 g/mol. The van der Waals surface area contributed by atoms with Crippen LogP contribution in [0, 0.1) is 27.7 Å². The molecular weight excluding hydrogens is 656 g/mol. The second-order valence-electron chi connectivity index (χ2n) is 8.51. The second-order valence-corrected chi connectivity index (χ2v) is 18.2. The minimum absolute atomic E-state index is 0. The Balaban J connectivity index is 0.000000267. The summed E-state index contributed by atoms with van der Waals surface area (Å²) in [6.45, 7) is 8.04. The summed E-state index contributed by atoms with van der Waals surface area (Å²) < 4.78 is 22.4. The van der Waals surface area contributed by atoms with Crippen molar-refractivity contribution in [1.29, 1.82) is 0 Å². The number of benzene rings is 4. The van der Waals surface area contributed by atoms with Gasteiger partial charge in [-0.05, 0) is 99.8 Å². The van der Waals surface area contributed by atoms with Crippen LogP contribution in [0.1, 0.15) is 22.3 Å². The average molecular weight is 684 g/mol. The molecule has 0 aromatic heterocycles. The van der Waals surface area contributed by atoms with E-state index in [0.717, 1.165) is 22.3 Å². The maximum absolute atomic E-state index is 5.61. The van der Waals surface area contributed by atoms with Gasteiger partial charge in [0, 0.05) is 0 Å². The predicted octanol–water partition coefficient (Wildman–Crippen LogP) is 9.06. The van der Waals surface area contributed by atoms with Gasteiger partial charge in [0.05, 0.1) is 0 Å². The Hall–Kier alpha value is -1.30. The molecule has 39 heavy (non-hydrogen) atoms. The van der Waals surface area contributed by atoms with Crippen LogP contribution in [0.4, 0.5) is 0 Å². The van der Waals surface area contributed by atoms with E-state index in [2.05, 4.69) is 0 Å². The van der Waals surface area contributed by atoms with E-state index < -0.39 is 11.4 Å². The van der Waals surface area contributed by atoms with Gasteiger partial charge in [0.1, 0.15) is 23.0 Å². The smallest absolute Gasteiger partial charge is 0.665 e. The van der Waals surface area contributed by atoms with E-state index in [4.69, 9.17) is 66.2 Å². The molecule has 4 nitrogen and oxygen atoms in total. The van der Waals surface area contributed by atoms with E-state index in [0.29, 0.717) is 23.0 Å². The summed E-state index contributed by atoms with van der Waals surface area (Å²) in [5.74, 6) is 2.60. The summed E-state index contributed by atoms with van der Waals surface area (Å²) in [7, 11) is 0. The molecule has 4 aromatic rings. The molecule has 0 radical (unpaired) electrons. The molecule has 0 aliphatic heterocycles. The predicted molar refractivity (Wildman–Crippen MR) is 171 cm³/mol. The third kappa shape index (κ3) is 12.8. The molecule has 0 N–H and O–H groups in total. The Kier molecular flexibility index (Phi) is 13.6. The molecule has 0 heterocycles. The molecule has 0 unspecified atom stereocenters. The second kappa shape index (κ2) is 15.6. The Labute approximate surface area is 265 Å². The molecule has 0 aliphatic carbocycles. The van der Waals surface area contributed by atoms with Crippen molar-refractivity contribution in [3.8, 4) is 23.0 Å². The van der Waals surface area contributed by atoms with Crippen molar-refractivity contribution in [1.82, 2.24) is 0 Å². The molecule has 0 saturated heterocycles. The third-order valence-corrected chi connectivity index (χ3v) is 8.48. The summed E-state index contributed by atoms with van der Waals surface area (Å²) in [5, 5.41) is 0. The van der Waals surface area contributed by atoms with Crippen LogP contribution < -0.4 is 18.1 Å². The molecule has 0 fully saturated rings. The van der Waals surface area contributed by atoms with Gasteiger partial charge in [0.25, 0.3) is 0 Å². The standard InChI is InChI=1S/2C14H15O2PS2.Zn/c2*1-11-3-7-13(8-4-11)15-17(18,19)16-14-9-5-12(2)6-10-14;/h2*3-10H,1-2H3,(H,18,19);/q;;+2/p-2. The van der Waals surface area contributed by atoms with Crippen molar-refractivity contribution in [2.75, 3.05) is 0 Å². The van der Waals surface area contributed by atoms with Crippen LogP contribution in [0.5, 0.6) is 23.0 Å². The molecule has 0 saturated carbocycles. The molecule has 200 valence electrons. The van der Waals surface area contributed by atoms with Gasteiger partial charge in [-0.15, -0.1) is 0 Å². The van der Waals surface area contributed by atoms with Crippen molar-refractivity contribution in [2.24, 2.45) is 0 Å². The molecule has 4 aromatic carbocycles. The van der Waals surface area contributed by atoms with Gasteiger partial charge in [-0.3, -0.25) is 0 Å². The molecule has 11 heteroatoms. The Morgan fingerprint density at radius 1 is 0.410 bits per heavy atom. The topological polar surface area (TPSA) is 36.9 Å². The fourth-order valence-corrected chi connectivity index (χ4v) is 6.61. The Morgan fingerprint density at radius 2 is 0.564 bits per heavy atom. The molecule has 0 spiro atoms. The minimum atomic E-state index is -2.75. The number of hydrogen-bond acceptors (Lipinski definition) is 8. The Morgan fingerprint density at radius 3 is 0.718 bits per heavy atom. The zero-order chi connectivity index (χ0) is 27.8. The zero-order valence-corrected chi connectivity index (χ0v) is 30.1. The molecule has 0 bridgehead atoms. The van der Waals surface area contributed by atoms with E-state index in [9.17, 15) is 0 Å². The summed E-state index contributed by atoms with van der Waals surface area (Å²) >= 11 is 21.0. The molecule has 0 amide bonds. The van der Waals surface area contributed by atoms with Crippen LogP contribution in [0.15, 0.2) is 97.1 Å². The zero-order valence-electron chi connectivity index (χ0n) is 22.1. The van der Waals surface area contributed by atoms with Crippen LogP contribution >= 0.6 is 11.4 Å². The van der Waals surface area contributed by atoms with Crippen LogP contribution in [-0.2, 0) is 67.6 Å². The summed E-state index contributed by atoms with van der Waals surface area (Å²) in [4.78, 5) is 0. The minimum Gasteiger partial charge on any atom is -0.665 e. The van der Waals surface area contributed by atoms with Gasteiger partial charge >= 0.3 is 19.5 Å². The Bertz CT molecular complexity index is 1200. The first-order chi connectivity index (χ1) is 17.9. The normalized spacial score (nSPS) is 10.8. The van der Waals surface area contributed by atoms with E-state index in [1.807, 2.05) is 125 Å². The van der Waals surface area contributed by atoms with Gasteiger partial charge in [0.2, 0.25) is 0 Å². The number of rotatable bonds is 8. The van der Waals surface area contributed by atoms with E-state index in [1.165, 1.54) is 0 Å². The van der Waals surface area contributed by atoms with Gasteiger partial charge in [0.15, 0.2) is 11.4 Å². The quantitative estimate of drug-likeness (QED) is 0.103. The summed E-state index contributed by atoms with van der Waals surface area (Å²) in [6, 6.07) is 30.4. The van der Waals surface area contributed by atoms with E-state index >= 15 is 0 Å². The average Bonchev–Trinajstić information content (AvgIpc) is 2.85. The van der Waals surface area contributed by atoms with Crippen molar-refractivity contribution in [3.05, 3.63) is 119 Å². The first-order valence-corrected chi connectivity index (χ1v) is 18.9. The molecular formula is C28H28O4P2S4Zn. The number of aryl methyl sites for hydroxylation is 4. The van der Waals surface area contributed by atoms with Gasteiger partial charge < -0.3 is 42.6 Å². The third-order valence-electron chi connectivity index (χ3n) is 4.95. The van der Waals surface area contributed by atoms with E-state index in [1.54, 1.807) is 0 Å². The molecule has 0 aliphatic rings. The van der Waals surface area contributed by atoms with Crippen LogP contribution in [0.3, 0.4) is 0 Å². The first kappa shape index (κ1) is 33.9. The van der Waals surface area contributed by atoms with Crippen LogP contribution in [0.25, 0.3) is 0 Å². The SMILES string of the molecule is Cc1ccc(OP(=S)([S-])Oc2ccc(C)cc2)cc1.Cc1ccc(OP(=S)([S-])Oc2ccc(C)cc2)cc1.[Zn+2]. The maximum atomic E-state index is 5.61. The largest absolute Gasteiger partial charge is 2.00 e. The van der Waals surface area contributed by atoms with Gasteiger partial charge in [-0.2, -0.15) is 0 Å². The van der Waals surface area contributed by atoms with Crippen LogP contribution in [0.2, 0.25) is 0 Å². The van der Waals surface area contributed by atoms with Crippen molar-refractivity contribution in [3.63, 3.8) is 0 Å². The van der Waals surface area contributed by atoms with Crippen molar-refractivity contribution in [2.45, 2.75) is 27.7 Å². The van der Waals surface area contributed by atoms with Crippen LogP contribution in [-0.4, -0.2) is 0 Å². The van der Waals surface area contributed by atoms with Crippen molar-refractivity contribution >= 4 is 59.5 Å².